The van der Waals surface area contributed by atoms with Crippen LogP contribution in [-0.2, 0) is 6.54 Å². The van der Waals surface area contributed by atoms with Gasteiger partial charge in [0.05, 0.1) is 12.2 Å². The number of nitrogens with zero attached hydrogens (tertiary/aromatic N) is 2. The lowest BCUT2D eigenvalue weighted by Crippen LogP contribution is -2.25. The summed E-state index contributed by atoms with van der Waals surface area (Å²) in [4.78, 5) is 6.98. The summed E-state index contributed by atoms with van der Waals surface area (Å²) in [6.45, 7) is 5.33. The van der Waals surface area contributed by atoms with Crippen LogP contribution in [0.5, 0.6) is 0 Å². The predicted molar refractivity (Wildman–Crippen MR) is 74.2 cm³/mol. The van der Waals surface area contributed by atoms with E-state index in [0.717, 1.165) is 12.2 Å². The number of benzene rings is 1. The maximum absolute atomic E-state index is 4.68. The molecule has 1 aromatic carbocycles. The molecule has 0 bridgehead atoms. The minimum atomic E-state index is 0.555. The molecule has 0 N–H and O–H groups in total. The van der Waals surface area contributed by atoms with Gasteiger partial charge >= 0.3 is 0 Å². The Morgan fingerprint density at radius 3 is 2.59 bits per heavy atom. The summed E-state index contributed by atoms with van der Waals surface area (Å²) in [5, 5.41) is 3.32. The molecular weight excluding hydrogens is 228 g/mol. The van der Waals surface area contributed by atoms with Crippen molar-refractivity contribution < 1.29 is 0 Å². The van der Waals surface area contributed by atoms with Crippen LogP contribution in [-0.4, -0.2) is 23.0 Å². The molecule has 0 aliphatic rings. The van der Waals surface area contributed by atoms with E-state index in [9.17, 15) is 0 Å². The quantitative estimate of drug-likeness (QED) is 0.818. The first kappa shape index (κ1) is 12.3. The van der Waals surface area contributed by atoms with E-state index in [-0.39, 0.29) is 0 Å². The maximum Gasteiger partial charge on any atom is 0.107 e. The third-order valence-electron chi connectivity index (χ3n) is 2.89. The molecule has 0 saturated carbocycles. The highest BCUT2D eigenvalue weighted by Crippen LogP contribution is 2.22. The van der Waals surface area contributed by atoms with Crippen LogP contribution in [0.15, 0.2) is 35.7 Å². The largest absolute Gasteiger partial charge is 0.297 e. The molecule has 90 valence electrons. The van der Waals surface area contributed by atoms with Crippen LogP contribution in [0.2, 0.25) is 0 Å². The minimum absolute atomic E-state index is 0.555. The summed E-state index contributed by atoms with van der Waals surface area (Å²) in [5.41, 5.74) is 2.28. The van der Waals surface area contributed by atoms with Gasteiger partial charge in [-0.15, -0.1) is 11.3 Å². The third kappa shape index (κ3) is 3.14. The van der Waals surface area contributed by atoms with Crippen LogP contribution in [0.1, 0.15) is 18.9 Å². The van der Waals surface area contributed by atoms with E-state index in [0.29, 0.717) is 6.04 Å². The Kier molecular flexibility index (Phi) is 3.92. The second-order valence-corrected chi connectivity index (χ2v) is 5.44. The zero-order valence-electron chi connectivity index (χ0n) is 10.6. The Bertz CT molecular complexity index is 462. The van der Waals surface area contributed by atoms with Crippen molar-refractivity contribution in [2.24, 2.45) is 0 Å². The molecule has 2 rings (SSSR count). The first-order chi connectivity index (χ1) is 8.16. The Hall–Kier alpha value is -1.19. The highest BCUT2D eigenvalue weighted by atomic mass is 32.1. The van der Waals surface area contributed by atoms with Crippen molar-refractivity contribution in [3.05, 3.63) is 40.7 Å². The molecule has 0 aliphatic heterocycles. The molecule has 1 heterocycles. The molecule has 0 atom stereocenters. The topological polar surface area (TPSA) is 16.1 Å². The van der Waals surface area contributed by atoms with E-state index in [1.54, 1.807) is 11.3 Å². The van der Waals surface area contributed by atoms with Gasteiger partial charge < -0.3 is 0 Å². The monoisotopic (exact) mass is 246 g/mol. The predicted octanol–water partition coefficient (Wildman–Crippen LogP) is 3.65. The van der Waals surface area contributed by atoms with Crippen molar-refractivity contribution in [2.45, 2.75) is 26.4 Å². The fourth-order valence-corrected chi connectivity index (χ4v) is 2.39. The minimum Gasteiger partial charge on any atom is -0.297 e. The van der Waals surface area contributed by atoms with Gasteiger partial charge in [-0.2, -0.15) is 0 Å². The van der Waals surface area contributed by atoms with Crippen molar-refractivity contribution >= 4 is 11.3 Å². The van der Waals surface area contributed by atoms with Crippen LogP contribution < -0.4 is 0 Å². The van der Waals surface area contributed by atoms with Crippen LogP contribution in [0, 0.1) is 0 Å². The molecule has 1 aromatic heterocycles. The van der Waals surface area contributed by atoms with Crippen LogP contribution in [0.4, 0.5) is 0 Å². The van der Waals surface area contributed by atoms with Crippen LogP contribution >= 0.6 is 11.3 Å². The van der Waals surface area contributed by atoms with E-state index in [1.165, 1.54) is 10.6 Å². The van der Waals surface area contributed by atoms with Gasteiger partial charge in [0.2, 0.25) is 0 Å². The van der Waals surface area contributed by atoms with Gasteiger partial charge in [-0.3, -0.25) is 4.90 Å². The number of thiazole rings is 1. The fourth-order valence-electron chi connectivity index (χ4n) is 1.52. The Morgan fingerprint density at radius 2 is 1.94 bits per heavy atom. The Balaban J connectivity index is 2.12. The molecule has 0 unspecified atom stereocenters. The molecule has 0 fully saturated rings. The molecule has 0 spiro atoms. The molecule has 0 amide bonds. The average Bonchev–Trinajstić information content (AvgIpc) is 2.78. The standard InChI is InChI=1S/C14H18N2S/c1-11(2)16(3)9-14-15-13(10-17-14)12-7-5-4-6-8-12/h4-8,10-11H,9H2,1-3H3. The van der Waals surface area contributed by atoms with E-state index in [4.69, 9.17) is 0 Å². The van der Waals surface area contributed by atoms with Crippen molar-refractivity contribution in [3.63, 3.8) is 0 Å². The van der Waals surface area contributed by atoms with Crippen molar-refractivity contribution in [1.82, 2.24) is 9.88 Å². The number of rotatable bonds is 4. The van der Waals surface area contributed by atoms with Gasteiger partial charge in [-0.05, 0) is 20.9 Å². The zero-order chi connectivity index (χ0) is 12.3. The van der Waals surface area contributed by atoms with Gasteiger partial charge in [0, 0.05) is 17.0 Å². The lowest BCUT2D eigenvalue weighted by atomic mass is 10.2. The van der Waals surface area contributed by atoms with Gasteiger partial charge in [0.1, 0.15) is 5.01 Å². The van der Waals surface area contributed by atoms with Crippen molar-refractivity contribution in [2.75, 3.05) is 7.05 Å². The molecular formula is C14H18N2S. The van der Waals surface area contributed by atoms with Crippen LogP contribution in [0.25, 0.3) is 11.3 Å². The van der Waals surface area contributed by atoms with E-state index in [2.05, 4.69) is 60.4 Å². The van der Waals surface area contributed by atoms with Gasteiger partial charge in [-0.25, -0.2) is 4.98 Å². The second kappa shape index (κ2) is 5.43. The number of aromatic nitrogens is 1. The highest BCUT2D eigenvalue weighted by Gasteiger charge is 2.08. The first-order valence-corrected chi connectivity index (χ1v) is 6.75. The average molecular weight is 246 g/mol. The lowest BCUT2D eigenvalue weighted by Gasteiger charge is -2.19. The number of hydrogen-bond donors (Lipinski definition) is 0. The van der Waals surface area contributed by atoms with E-state index >= 15 is 0 Å². The van der Waals surface area contributed by atoms with Gasteiger partial charge in [0.25, 0.3) is 0 Å². The summed E-state index contributed by atoms with van der Waals surface area (Å²) < 4.78 is 0. The molecule has 3 heteroatoms. The molecule has 2 aromatic rings. The fraction of sp³-hybridized carbons (Fsp3) is 0.357. The van der Waals surface area contributed by atoms with Crippen LogP contribution in [0.3, 0.4) is 0 Å². The summed E-state index contributed by atoms with van der Waals surface area (Å²) in [7, 11) is 2.13. The SMILES string of the molecule is CC(C)N(C)Cc1nc(-c2ccccc2)cs1. The normalized spacial score (nSPS) is 11.4. The van der Waals surface area contributed by atoms with E-state index in [1.807, 2.05) is 6.07 Å². The lowest BCUT2D eigenvalue weighted by molar-refractivity contribution is 0.265. The summed E-state index contributed by atoms with van der Waals surface area (Å²) >= 11 is 1.74. The second-order valence-electron chi connectivity index (χ2n) is 4.50. The Labute approximate surface area is 107 Å². The Morgan fingerprint density at radius 1 is 1.24 bits per heavy atom. The summed E-state index contributed by atoms with van der Waals surface area (Å²) in [6.07, 6.45) is 0. The highest BCUT2D eigenvalue weighted by molar-refractivity contribution is 7.09. The van der Waals surface area contributed by atoms with Crippen molar-refractivity contribution in [3.8, 4) is 11.3 Å². The summed E-state index contributed by atoms with van der Waals surface area (Å²) in [5.74, 6) is 0. The molecule has 2 nitrogen and oxygen atoms in total. The third-order valence-corrected chi connectivity index (χ3v) is 3.72. The van der Waals surface area contributed by atoms with Crippen molar-refractivity contribution in [1.29, 1.82) is 0 Å². The molecule has 0 aliphatic carbocycles. The molecule has 17 heavy (non-hydrogen) atoms. The molecule has 0 radical (unpaired) electrons. The zero-order valence-corrected chi connectivity index (χ0v) is 11.4. The van der Waals surface area contributed by atoms with Gasteiger partial charge in [-0.1, -0.05) is 30.3 Å². The number of hydrogen-bond acceptors (Lipinski definition) is 3. The smallest absolute Gasteiger partial charge is 0.107 e. The van der Waals surface area contributed by atoms with E-state index < -0.39 is 0 Å². The summed E-state index contributed by atoms with van der Waals surface area (Å²) in [6, 6.07) is 10.9. The first-order valence-electron chi connectivity index (χ1n) is 5.87. The van der Waals surface area contributed by atoms with Gasteiger partial charge in [0.15, 0.2) is 0 Å². The molecule has 0 saturated heterocycles. The maximum atomic E-state index is 4.68.